The number of halogens is 1. The minimum Gasteiger partial charge on any atom is -0.378 e. The van der Waals surface area contributed by atoms with Crippen molar-refractivity contribution in [3.05, 3.63) is 23.5 Å². The lowest BCUT2D eigenvalue weighted by Crippen LogP contribution is -2.36. The SMILES string of the molecule is CC(C)(CC(N)=O)Nc1ccncc1Cl. The highest BCUT2D eigenvalue weighted by molar-refractivity contribution is 6.33. The first-order chi connectivity index (χ1) is 6.91. The van der Waals surface area contributed by atoms with Gasteiger partial charge in [-0.1, -0.05) is 11.6 Å². The summed E-state index contributed by atoms with van der Waals surface area (Å²) in [6.45, 7) is 3.77. The molecule has 0 atom stereocenters. The number of rotatable bonds is 4. The molecule has 0 aliphatic rings. The molecule has 1 aromatic heterocycles. The maximum absolute atomic E-state index is 10.8. The standard InChI is InChI=1S/C10H14ClN3O/c1-10(2,5-9(12)15)14-8-3-4-13-6-7(8)11/h3-4,6H,5H2,1-2H3,(H2,12,15)(H,13,14). The molecule has 82 valence electrons. The van der Waals surface area contributed by atoms with Crippen LogP contribution in [0.25, 0.3) is 0 Å². The molecule has 0 aliphatic heterocycles. The summed E-state index contributed by atoms with van der Waals surface area (Å²) >= 11 is 5.93. The van der Waals surface area contributed by atoms with Crippen LogP contribution in [0.4, 0.5) is 5.69 Å². The first-order valence-corrected chi connectivity index (χ1v) is 4.94. The Balaban J connectivity index is 2.77. The van der Waals surface area contributed by atoms with Crippen LogP contribution in [-0.4, -0.2) is 16.4 Å². The Labute approximate surface area is 93.8 Å². The Morgan fingerprint density at radius 3 is 2.87 bits per heavy atom. The summed E-state index contributed by atoms with van der Waals surface area (Å²) in [5.41, 5.74) is 5.47. The Hall–Kier alpha value is -1.29. The van der Waals surface area contributed by atoms with Crippen molar-refractivity contribution in [1.82, 2.24) is 4.98 Å². The van der Waals surface area contributed by atoms with Gasteiger partial charge in [0.05, 0.1) is 10.7 Å². The van der Waals surface area contributed by atoms with Crippen LogP contribution in [0.2, 0.25) is 5.02 Å². The van der Waals surface area contributed by atoms with Crippen molar-refractivity contribution in [2.75, 3.05) is 5.32 Å². The molecule has 0 aromatic carbocycles. The van der Waals surface area contributed by atoms with Crippen molar-refractivity contribution >= 4 is 23.2 Å². The van der Waals surface area contributed by atoms with Crippen LogP contribution in [0.5, 0.6) is 0 Å². The van der Waals surface area contributed by atoms with E-state index in [0.717, 1.165) is 5.69 Å². The summed E-state index contributed by atoms with van der Waals surface area (Å²) in [7, 11) is 0. The van der Waals surface area contributed by atoms with Gasteiger partial charge in [0.15, 0.2) is 0 Å². The third-order valence-electron chi connectivity index (χ3n) is 1.86. The third kappa shape index (κ3) is 3.75. The van der Waals surface area contributed by atoms with Crippen molar-refractivity contribution in [2.45, 2.75) is 25.8 Å². The fraction of sp³-hybridized carbons (Fsp3) is 0.400. The molecule has 3 N–H and O–H groups in total. The Morgan fingerprint density at radius 2 is 2.33 bits per heavy atom. The third-order valence-corrected chi connectivity index (χ3v) is 2.16. The largest absolute Gasteiger partial charge is 0.378 e. The number of hydrogen-bond acceptors (Lipinski definition) is 3. The Kier molecular flexibility index (Phi) is 3.52. The number of amides is 1. The van der Waals surface area contributed by atoms with Crippen molar-refractivity contribution in [1.29, 1.82) is 0 Å². The summed E-state index contributed by atoms with van der Waals surface area (Å²) in [6.07, 6.45) is 3.42. The maximum atomic E-state index is 10.8. The molecule has 0 saturated carbocycles. The minimum atomic E-state index is -0.420. The van der Waals surface area contributed by atoms with Crippen LogP contribution in [0.3, 0.4) is 0 Å². The van der Waals surface area contributed by atoms with Crippen molar-refractivity contribution in [3.8, 4) is 0 Å². The molecule has 5 heteroatoms. The second-order valence-electron chi connectivity index (χ2n) is 4.01. The normalized spacial score (nSPS) is 11.1. The van der Waals surface area contributed by atoms with Gasteiger partial charge in [-0.3, -0.25) is 9.78 Å². The zero-order valence-electron chi connectivity index (χ0n) is 8.75. The first-order valence-electron chi connectivity index (χ1n) is 4.57. The Morgan fingerprint density at radius 1 is 1.67 bits per heavy atom. The highest BCUT2D eigenvalue weighted by Gasteiger charge is 2.20. The van der Waals surface area contributed by atoms with Crippen molar-refractivity contribution < 1.29 is 4.79 Å². The van der Waals surface area contributed by atoms with Crippen molar-refractivity contribution in [2.24, 2.45) is 5.73 Å². The molecule has 4 nitrogen and oxygen atoms in total. The van der Waals surface area contributed by atoms with E-state index in [0.29, 0.717) is 5.02 Å². The van der Waals surface area contributed by atoms with Crippen LogP contribution in [-0.2, 0) is 4.79 Å². The van der Waals surface area contributed by atoms with Gasteiger partial charge in [-0.2, -0.15) is 0 Å². The van der Waals surface area contributed by atoms with E-state index in [9.17, 15) is 4.79 Å². The van der Waals surface area contributed by atoms with Gasteiger partial charge in [-0.15, -0.1) is 0 Å². The lowest BCUT2D eigenvalue weighted by Gasteiger charge is -2.26. The van der Waals surface area contributed by atoms with E-state index in [-0.39, 0.29) is 12.3 Å². The zero-order chi connectivity index (χ0) is 11.5. The number of carbonyl (C=O) groups is 1. The molecule has 0 aliphatic carbocycles. The molecule has 1 heterocycles. The summed E-state index contributed by atoms with van der Waals surface area (Å²) in [5, 5.41) is 3.67. The molecule has 1 aromatic rings. The van der Waals surface area contributed by atoms with Crippen LogP contribution in [0.1, 0.15) is 20.3 Å². The second-order valence-corrected chi connectivity index (χ2v) is 4.41. The van der Waals surface area contributed by atoms with Gasteiger partial charge in [0.1, 0.15) is 0 Å². The molecule has 0 saturated heterocycles. The van der Waals surface area contributed by atoms with Crippen LogP contribution < -0.4 is 11.1 Å². The summed E-state index contributed by atoms with van der Waals surface area (Å²) in [6, 6.07) is 1.76. The molecule has 1 amide bonds. The van der Waals surface area contributed by atoms with Gasteiger partial charge < -0.3 is 11.1 Å². The fourth-order valence-electron chi connectivity index (χ4n) is 1.32. The summed E-state index contributed by atoms with van der Waals surface area (Å²) in [5.74, 6) is -0.349. The highest BCUT2D eigenvalue weighted by Crippen LogP contribution is 2.24. The van der Waals surface area contributed by atoms with Gasteiger partial charge >= 0.3 is 0 Å². The van der Waals surface area contributed by atoms with Gasteiger partial charge in [0, 0.05) is 24.4 Å². The number of nitrogens with two attached hydrogens (primary N) is 1. The smallest absolute Gasteiger partial charge is 0.219 e. The lowest BCUT2D eigenvalue weighted by atomic mass is 10.00. The molecule has 15 heavy (non-hydrogen) atoms. The van der Waals surface area contributed by atoms with Crippen LogP contribution in [0, 0.1) is 0 Å². The number of aromatic nitrogens is 1. The lowest BCUT2D eigenvalue weighted by molar-refractivity contribution is -0.118. The topological polar surface area (TPSA) is 68.0 Å². The predicted molar refractivity (Wildman–Crippen MR) is 60.8 cm³/mol. The van der Waals surface area contributed by atoms with Gasteiger partial charge in [-0.05, 0) is 19.9 Å². The zero-order valence-corrected chi connectivity index (χ0v) is 9.51. The van der Waals surface area contributed by atoms with E-state index in [4.69, 9.17) is 17.3 Å². The molecule has 1 rings (SSSR count). The van der Waals surface area contributed by atoms with Gasteiger partial charge in [-0.25, -0.2) is 0 Å². The number of anilines is 1. The number of nitrogens with one attached hydrogen (secondary N) is 1. The van der Waals surface area contributed by atoms with E-state index in [1.807, 2.05) is 13.8 Å². The molecule has 0 radical (unpaired) electrons. The Bertz CT molecular complexity index is 365. The molecular weight excluding hydrogens is 214 g/mol. The fourth-order valence-corrected chi connectivity index (χ4v) is 1.49. The number of carbonyl (C=O) groups excluding carboxylic acids is 1. The maximum Gasteiger partial charge on any atom is 0.219 e. The molecular formula is C10H14ClN3O. The van der Waals surface area contributed by atoms with E-state index in [2.05, 4.69) is 10.3 Å². The molecule has 0 unspecified atom stereocenters. The number of primary amides is 1. The second kappa shape index (κ2) is 4.49. The average Bonchev–Trinajstić information content (AvgIpc) is 2.06. The average molecular weight is 228 g/mol. The van der Waals surface area contributed by atoms with Gasteiger partial charge in [0.25, 0.3) is 0 Å². The monoisotopic (exact) mass is 227 g/mol. The number of pyridine rings is 1. The van der Waals surface area contributed by atoms with E-state index >= 15 is 0 Å². The molecule has 0 spiro atoms. The number of hydrogen-bond donors (Lipinski definition) is 2. The van der Waals surface area contributed by atoms with Crippen LogP contribution >= 0.6 is 11.6 Å². The minimum absolute atomic E-state index is 0.242. The predicted octanol–water partition coefficient (Wildman–Crippen LogP) is 1.80. The quantitative estimate of drug-likeness (QED) is 0.824. The van der Waals surface area contributed by atoms with Gasteiger partial charge in [0.2, 0.25) is 5.91 Å². The van der Waals surface area contributed by atoms with E-state index < -0.39 is 5.54 Å². The molecule has 0 fully saturated rings. The number of nitrogens with zero attached hydrogens (tertiary/aromatic N) is 1. The highest BCUT2D eigenvalue weighted by atomic mass is 35.5. The first kappa shape index (κ1) is 11.8. The molecule has 0 bridgehead atoms. The summed E-state index contributed by atoms with van der Waals surface area (Å²) < 4.78 is 0. The van der Waals surface area contributed by atoms with E-state index in [1.54, 1.807) is 18.5 Å². The van der Waals surface area contributed by atoms with Crippen LogP contribution in [0.15, 0.2) is 18.5 Å². The van der Waals surface area contributed by atoms with E-state index in [1.165, 1.54) is 0 Å². The van der Waals surface area contributed by atoms with Crippen molar-refractivity contribution in [3.63, 3.8) is 0 Å². The summed E-state index contributed by atoms with van der Waals surface area (Å²) in [4.78, 5) is 14.7.